The standard InChI is InChI=1S/C32H37N3O9Si/c1-9-32(43-24(37)15-33-30(40)44-31(3,4)5)21-14-23-26-19(12-18-13-20(41-17(2)36)10-11-22(18)34-26)16-35(23)27(38)25(21)28(42-29(32)39)45(6,7)8/h10-14,28H,9,15-16H2,1-8H3,(H,33,40). The molecule has 1 aromatic carbocycles. The van der Waals surface area contributed by atoms with Gasteiger partial charge < -0.3 is 28.8 Å². The lowest BCUT2D eigenvalue weighted by atomic mass is 9.85. The number of fused-ring (bicyclic) bond motifs is 5. The molecule has 4 heterocycles. The summed E-state index contributed by atoms with van der Waals surface area (Å²) in [6.45, 7) is 13.7. The van der Waals surface area contributed by atoms with Gasteiger partial charge in [0.05, 0.1) is 37.1 Å². The van der Waals surface area contributed by atoms with Crippen molar-refractivity contribution in [2.24, 2.45) is 0 Å². The van der Waals surface area contributed by atoms with Crippen LogP contribution in [0, 0.1) is 0 Å². The maximum atomic E-state index is 14.3. The number of pyridine rings is 2. The van der Waals surface area contributed by atoms with Crippen molar-refractivity contribution < 1.29 is 38.1 Å². The van der Waals surface area contributed by atoms with Crippen LogP contribution < -0.4 is 15.6 Å². The lowest BCUT2D eigenvalue weighted by Gasteiger charge is -2.42. The first-order valence-corrected chi connectivity index (χ1v) is 18.3. The molecule has 238 valence electrons. The first-order valence-electron chi connectivity index (χ1n) is 14.7. The van der Waals surface area contributed by atoms with Crippen molar-refractivity contribution in [3.63, 3.8) is 0 Å². The lowest BCUT2D eigenvalue weighted by Crippen LogP contribution is -2.53. The van der Waals surface area contributed by atoms with Crippen molar-refractivity contribution in [3.8, 4) is 17.1 Å². The average molecular weight is 636 g/mol. The Hall–Kier alpha value is -4.52. The maximum absolute atomic E-state index is 14.3. The number of nitrogens with zero attached hydrogens (tertiary/aromatic N) is 2. The van der Waals surface area contributed by atoms with E-state index in [-0.39, 0.29) is 29.7 Å². The van der Waals surface area contributed by atoms with Crippen molar-refractivity contribution in [3.05, 3.63) is 57.4 Å². The molecule has 1 amide bonds. The summed E-state index contributed by atoms with van der Waals surface area (Å²) in [5.74, 6) is -1.74. The summed E-state index contributed by atoms with van der Waals surface area (Å²) in [5.41, 5.74) is -0.902. The summed E-state index contributed by atoms with van der Waals surface area (Å²) in [6, 6.07) is 8.67. The van der Waals surface area contributed by atoms with Gasteiger partial charge in [-0.05, 0) is 57.5 Å². The SMILES string of the molecule is CCC1(OC(=O)CNC(=O)OC(C)(C)C)C(=O)OC([Si](C)(C)C)c2c1cc1n(c2=O)Cc2cc3cc(OC(C)=O)ccc3nc2-1. The average Bonchev–Trinajstić information content (AvgIpc) is 3.28. The van der Waals surface area contributed by atoms with E-state index >= 15 is 0 Å². The van der Waals surface area contributed by atoms with Gasteiger partial charge in [-0.15, -0.1) is 0 Å². The first-order chi connectivity index (χ1) is 20.9. The Balaban J connectivity index is 1.61. The van der Waals surface area contributed by atoms with Crippen LogP contribution in [0.15, 0.2) is 35.1 Å². The number of carbonyl (C=O) groups excluding carboxylic acids is 4. The fourth-order valence-corrected chi connectivity index (χ4v) is 7.32. The highest BCUT2D eigenvalue weighted by Crippen LogP contribution is 2.46. The molecule has 2 aliphatic heterocycles. The molecule has 2 atom stereocenters. The lowest BCUT2D eigenvalue weighted by molar-refractivity contribution is -0.190. The molecule has 13 heteroatoms. The molecule has 0 fully saturated rings. The molecule has 2 aromatic heterocycles. The van der Waals surface area contributed by atoms with Crippen LogP contribution in [0.5, 0.6) is 5.75 Å². The van der Waals surface area contributed by atoms with E-state index in [1.54, 1.807) is 56.5 Å². The Bertz CT molecular complexity index is 1820. The van der Waals surface area contributed by atoms with Crippen LogP contribution >= 0.6 is 0 Å². The summed E-state index contributed by atoms with van der Waals surface area (Å²) in [5, 5.41) is 3.08. The van der Waals surface area contributed by atoms with Crippen LogP contribution in [0.1, 0.15) is 63.5 Å². The minimum absolute atomic E-state index is 0.0186. The van der Waals surface area contributed by atoms with E-state index in [1.165, 1.54) is 6.92 Å². The summed E-state index contributed by atoms with van der Waals surface area (Å²) in [4.78, 5) is 69.7. The number of alkyl carbamates (subject to hydrolysis) is 1. The van der Waals surface area contributed by atoms with E-state index < -0.39 is 55.5 Å². The molecule has 0 aliphatic carbocycles. The van der Waals surface area contributed by atoms with E-state index in [0.29, 0.717) is 22.7 Å². The second-order valence-corrected chi connectivity index (χ2v) is 18.6. The Kier molecular flexibility index (Phi) is 7.88. The number of benzene rings is 1. The number of carbonyl (C=O) groups is 4. The summed E-state index contributed by atoms with van der Waals surface area (Å²) in [6.07, 6.45) is -0.837. The largest absolute Gasteiger partial charge is 0.458 e. The van der Waals surface area contributed by atoms with Gasteiger partial charge in [0.1, 0.15) is 23.6 Å². The molecular formula is C32H37N3O9Si. The molecule has 12 nitrogen and oxygen atoms in total. The zero-order chi connectivity index (χ0) is 33.1. The van der Waals surface area contributed by atoms with Gasteiger partial charge in [0, 0.05) is 23.4 Å². The van der Waals surface area contributed by atoms with E-state index in [0.717, 1.165) is 10.9 Å². The van der Waals surface area contributed by atoms with Gasteiger partial charge in [-0.1, -0.05) is 26.6 Å². The number of ether oxygens (including phenoxy) is 4. The second kappa shape index (κ2) is 11.1. The Morgan fingerprint density at radius 2 is 1.84 bits per heavy atom. The van der Waals surface area contributed by atoms with E-state index in [2.05, 4.69) is 5.32 Å². The number of hydrogen-bond acceptors (Lipinski definition) is 10. The second-order valence-electron chi connectivity index (χ2n) is 13.4. The third-order valence-electron chi connectivity index (χ3n) is 7.64. The fourth-order valence-electron chi connectivity index (χ4n) is 5.72. The number of hydrogen-bond donors (Lipinski definition) is 1. The van der Waals surface area contributed by atoms with Crippen molar-refractivity contribution in [1.29, 1.82) is 0 Å². The molecule has 3 aromatic rings. The molecule has 0 spiro atoms. The normalized spacial score (nSPS) is 18.8. The molecule has 2 unspecified atom stereocenters. The highest BCUT2D eigenvalue weighted by molar-refractivity contribution is 6.77. The maximum Gasteiger partial charge on any atom is 0.408 e. The van der Waals surface area contributed by atoms with Crippen LogP contribution in [0.25, 0.3) is 22.3 Å². The van der Waals surface area contributed by atoms with Gasteiger partial charge in [0.2, 0.25) is 5.60 Å². The number of cyclic esters (lactones) is 1. The zero-order valence-electron chi connectivity index (χ0n) is 26.7. The molecular weight excluding hydrogens is 598 g/mol. The van der Waals surface area contributed by atoms with E-state index in [4.69, 9.17) is 23.9 Å². The number of rotatable bonds is 6. The monoisotopic (exact) mass is 635 g/mol. The number of amides is 1. The van der Waals surface area contributed by atoms with Crippen molar-refractivity contribution >= 4 is 43.0 Å². The van der Waals surface area contributed by atoms with Crippen LogP contribution in [0.2, 0.25) is 19.6 Å². The number of esters is 3. The third kappa shape index (κ3) is 5.96. The number of nitrogens with one attached hydrogen (secondary N) is 1. The van der Waals surface area contributed by atoms with Crippen molar-refractivity contribution in [1.82, 2.24) is 14.9 Å². The zero-order valence-corrected chi connectivity index (χ0v) is 27.7. The predicted molar refractivity (Wildman–Crippen MR) is 166 cm³/mol. The molecule has 0 radical (unpaired) electrons. The van der Waals surface area contributed by atoms with Crippen LogP contribution in [-0.4, -0.2) is 53.8 Å². The van der Waals surface area contributed by atoms with E-state index in [9.17, 15) is 24.0 Å². The molecule has 2 aliphatic rings. The van der Waals surface area contributed by atoms with Gasteiger partial charge in [-0.25, -0.2) is 14.6 Å². The van der Waals surface area contributed by atoms with Gasteiger partial charge in [0.25, 0.3) is 5.56 Å². The summed E-state index contributed by atoms with van der Waals surface area (Å²) < 4.78 is 23.8. The minimum atomic E-state index is -2.35. The smallest absolute Gasteiger partial charge is 0.408 e. The van der Waals surface area contributed by atoms with Gasteiger partial charge in [-0.3, -0.25) is 14.4 Å². The Labute approximate surface area is 261 Å². The Morgan fingerprint density at radius 3 is 2.47 bits per heavy atom. The molecule has 0 bridgehead atoms. The van der Waals surface area contributed by atoms with Gasteiger partial charge in [0.15, 0.2) is 0 Å². The molecule has 0 saturated heterocycles. The van der Waals surface area contributed by atoms with E-state index in [1.807, 2.05) is 25.7 Å². The van der Waals surface area contributed by atoms with Crippen molar-refractivity contribution in [2.45, 2.75) is 84.2 Å². The summed E-state index contributed by atoms with van der Waals surface area (Å²) in [7, 11) is -2.35. The molecule has 1 N–H and O–H groups in total. The van der Waals surface area contributed by atoms with Crippen LogP contribution in [-0.2, 0) is 40.7 Å². The fraction of sp³-hybridized carbons (Fsp3) is 0.438. The van der Waals surface area contributed by atoms with Gasteiger partial charge >= 0.3 is 24.0 Å². The molecule has 5 rings (SSSR count). The summed E-state index contributed by atoms with van der Waals surface area (Å²) >= 11 is 0. The first kappa shape index (κ1) is 31.9. The predicted octanol–water partition coefficient (Wildman–Crippen LogP) is 4.50. The molecule has 0 saturated carbocycles. The highest BCUT2D eigenvalue weighted by Gasteiger charge is 2.55. The van der Waals surface area contributed by atoms with Crippen LogP contribution in [0.4, 0.5) is 4.79 Å². The molecule has 45 heavy (non-hydrogen) atoms. The third-order valence-corrected chi connectivity index (χ3v) is 9.62. The minimum Gasteiger partial charge on any atom is -0.458 e. The highest BCUT2D eigenvalue weighted by atomic mass is 28.3. The van der Waals surface area contributed by atoms with Gasteiger partial charge in [-0.2, -0.15) is 0 Å². The Morgan fingerprint density at radius 1 is 1.13 bits per heavy atom. The van der Waals surface area contributed by atoms with Crippen molar-refractivity contribution in [2.75, 3.05) is 6.54 Å². The quantitative estimate of drug-likeness (QED) is 0.139. The number of aromatic nitrogens is 2. The topological polar surface area (TPSA) is 152 Å². The van der Waals surface area contributed by atoms with Crippen LogP contribution in [0.3, 0.4) is 0 Å².